The van der Waals surface area contributed by atoms with Gasteiger partial charge in [-0.2, -0.15) is 5.10 Å². The van der Waals surface area contributed by atoms with E-state index >= 15 is 0 Å². The predicted octanol–water partition coefficient (Wildman–Crippen LogP) is 1.49. The van der Waals surface area contributed by atoms with Gasteiger partial charge < -0.3 is 14.8 Å². The first-order valence-electron chi connectivity index (χ1n) is 9.10. The van der Waals surface area contributed by atoms with Crippen molar-refractivity contribution in [1.29, 1.82) is 0 Å². The lowest BCUT2D eigenvalue weighted by molar-refractivity contribution is 0.00253. The van der Waals surface area contributed by atoms with Gasteiger partial charge in [-0.25, -0.2) is 4.98 Å². The van der Waals surface area contributed by atoms with Gasteiger partial charge in [-0.05, 0) is 44.4 Å². The number of rotatable bonds is 3. The van der Waals surface area contributed by atoms with Crippen molar-refractivity contribution in [2.75, 3.05) is 33.2 Å². The van der Waals surface area contributed by atoms with Gasteiger partial charge in [0.05, 0.1) is 0 Å². The Morgan fingerprint density at radius 2 is 2.12 bits per heavy atom. The molecule has 0 radical (unpaired) electrons. The van der Waals surface area contributed by atoms with Crippen LogP contribution in [0.4, 0.5) is 0 Å². The molecule has 2 aromatic heterocycles. The molecule has 25 heavy (non-hydrogen) atoms. The number of carbonyl (C=O) groups excluding carboxylic acids is 1. The van der Waals surface area contributed by atoms with E-state index in [0.29, 0.717) is 5.92 Å². The fourth-order valence-electron chi connectivity index (χ4n) is 4.73. The maximum atomic E-state index is 13.0. The van der Waals surface area contributed by atoms with Crippen molar-refractivity contribution in [3.05, 3.63) is 35.2 Å². The van der Waals surface area contributed by atoms with Crippen molar-refractivity contribution < 1.29 is 4.79 Å². The first-order chi connectivity index (χ1) is 12.1. The second kappa shape index (κ2) is 5.17. The molecule has 132 valence electrons. The van der Waals surface area contributed by atoms with Crippen LogP contribution < -0.4 is 0 Å². The van der Waals surface area contributed by atoms with Gasteiger partial charge in [-0.3, -0.25) is 9.89 Å². The lowest BCUT2D eigenvalue weighted by atomic mass is 9.71. The van der Waals surface area contributed by atoms with Crippen LogP contribution in [0, 0.1) is 12.3 Å². The van der Waals surface area contributed by atoms with E-state index in [1.165, 1.54) is 18.4 Å². The minimum atomic E-state index is 0.0887. The van der Waals surface area contributed by atoms with E-state index in [0.717, 1.165) is 43.5 Å². The molecule has 3 aliphatic rings. The number of hydrogen-bond acceptors (Lipinski definition) is 4. The summed E-state index contributed by atoms with van der Waals surface area (Å²) in [6.07, 6.45) is 4.32. The predicted molar refractivity (Wildman–Crippen MR) is 92.5 cm³/mol. The Hall–Kier alpha value is -2.15. The Balaban J connectivity index is 1.35. The van der Waals surface area contributed by atoms with Crippen LogP contribution in [0.15, 0.2) is 12.3 Å². The van der Waals surface area contributed by atoms with Crippen LogP contribution in [0.3, 0.4) is 0 Å². The number of H-pyrrole nitrogens is 2. The monoisotopic (exact) mass is 340 g/mol. The molecule has 1 amide bonds. The zero-order valence-electron chi connectivity index (χ0n) is 14.7. The van der Waals surface area contributed by atoms with E-state index in [9.17, 15) is 4.79 Å². The smallest absolute Gasteiger partial charge is 0.270 e. The molecule has 7 heteroatoms. The quantitative estimate of drug-likeness (QED) is 0.887. The van der Waals surface area contributed by atoms with Crippen LogP contribution in [-0.2, 0) is 0 Å². The van der Waals surface area contributed by atoms with Crippen molar-refractivity contribution in [1.82, 2.24) is 30.0 Å². The van der Waals surface area contributed by atoms with E-state index in [4.69, 9.17) is 0 Å². The van der Waals surface area contributed by atoms with E-state index in [-0.39, 0.29) is 17.2 Å². The zero-order valence-corrected chi connectivity index (χ0v) is 14.7. The van der Waals surface area contributed by atoms with Gasteiger partial charge in [-0.15, -0.1) is 0 Å². The minimum absolute atomic E-state index is 0.0887. The Morgan fingerprint density at radius 3 is 2.80 bits per heavy atom. The molecule has 1 spiro atoms. The number of nitrogens with one attached hydrogen (secondary N) is 2. The van der Waals surface area contributed by atoms with Gasteiger partial charge in [0.25, 0.3) is 5.91 Å². The van der Waals surface area contributed by atoms with Crippen LogP contribution in [0.1, 0.15) is 52.4 Å². The molecular formula is C18H24N6O. The number of amides is 1. The molecular weight excluding hydrogens is 316 g/mol. The highest BCUT2D eigenvalue weighted by Crippen LogP contribution is 2.49. The molecule has 3 fully saturated rings. The number of nitrogens with zero attached hydrogens (tertiary/aromatic N) is 4. The molecule has 2 N–H and O–H groups in total. The number of hydrogen-bond donors (Lipinski definition) is 2. The molecule has 1 unspecified atom stereocenters. The molecule has 0 bridgehead atoms. The molecule has 1 saturated carbocycles. The van der Waals surface area contributed by atoms with Crippen molar-refractivity contribution in [3.63, 3.8) is 0 Å². The molecule has 1 atom stereocenters. The van der Waals surface area contributed by atoms with E-state index < -0.39 is 0 Å². The summed E-state index contributed by atoms with van der Waals surface area (Å²) in [5.74, 6) is 2.77. The summed E-state index contributed by atoms with van der Waals surface area (Å²) < 4.78 is 0. The Kier molecular flexibility index (Phi) is 3.13. The minimum Gasteiger partial charge on any atom is -0.357 e. The molecule has 5 rings (SSSR count). The number of aromatic amines is 2. The maximum absolute atomic E-state index is 13.0. The van der Waals surface area contributed by atoms with Crippen LogP contribution in [0.5, 0.6) is 0 Å². The first-order valence-corrected chi connectivity index (χ1v) is 9.10. The van der Waals surface area contributed by atoms with Crippen molar-refractivity contribution in [3.8, 4) is 0 Å². The van der Waals surface area contributed by atoms with Gasteiger partial charge in [0.2, 0.25) is 0 Å². The maximum Gasteiger partial charge on any atom is 0.270 e. The van der Waals surface area contributed by atoms with Crippen molar-refractivity contribution in [2.45, 2.75) is 31.6 Å². The van der Waals surface area contributed by atoms with Crippen LogP contribution in [0.25, 0.3) is 0 Å². The second-order valence-corrected chi connectivity index (χ2v) is 8.13. The third kappa shape index (κ3) is 2.33. The molecule has 1 aliphatic carbocycles. The fourth-order valence-corrected chi connectivity index (χ4v) is 4.73. The average Bonchev–Trinajstić information content (AvgIpc) is 2.97. The SMILES string of the molecule is Cc1nc(C2CN(C)CC23CN(C(=O)c2[nH]ccc2C2CC2)C3)n[nH]1. The molecule has 2 aromatic rings. The highest BCUT2D eigenvalue weighted by Gasteiger charge is 2.56. The lowest BCUT2D eigenvalue weighted by Gasteiger charge is -2.50. The third-order valence-electron chi connectivity index (χ3n) is 6.05. The van der Waals surface area contributed by atoms with Crippen molar-refractivity contribution in [2.24, 2.45) is 5.41 Å². The fraction of sp³-hybridized carbons (Fsp3) is 0.611. The van der Waals surface area contributed by atoms with Gasteiger partial charge >= 0.3 is 0 Å². The Bertz CT molecular complexity index is 813. The summed E-state index contributed by atoms with van der Waals surface area (Å²) >= 11 is 0. The van der Waals surface area contributed by atoms with Crippen LogP contribution in [-0.4, -0.2) is 69.1 Å². The third-order valence-corrected chi connectivity index (χ3v) is 6.05. The van der Waals surface area contributed by atoms with Crippen LogP contribution >= 0.6 is 0 Å². The molecule has 4 heterocycles. The number of likely N-dealkylation sites (tertiary alicyclic amines) is 2. The summed E-state index contributed by atoms with van der Waals surface area (Å²) in [6.45, 7) is 5.46. The normalized spacial score (nSPS) is 25.5. The molecule has 2 aliphatic heterocycles. The molecule has 0 aromatic carbocycles. The number of carbonyl (C=O) groups is 1. The highest BCUT2D eigenvalue weighted by molar-refractivity contribution is 5.95. The summed E-state index contributed by atoms with van der Waals surface area (Å²) in [5, 5.41) is 7.37. The summed E-state index contributed by atoms with van der Waals surface area (Å²) in [4.78, 5) is 25.0. The standard InChI is InChI=1S/C18H24N6O/c1-11-20-16(22-21-11)14-7-23(2)8-18(14)9-24(10-18)17(25)15-13(5-6-19-15)12-3-4-12/h5-6,12,14,19H,3-4,7-10H2,1-2H3,(H,20,21,22). The Labute approximate surface area is 146 Å². The van der Waals surface area contributed by atoms with Gasteiger partial charge in [0.15, 0.2) is 5.82 Å². The topological polar surface area (TPSA) is 80.9 Å². The number of aromatic nitrogens is 4. The lowest BCUT2D eigenvalue weighted by Crippen LogP contribution is -2.61. The van der Waals surface area contributed by atoms with Gasteiger partial charge in [-0.1, -0.05) is 0 Å². The van der Waals surface area contributed by atoms with Crippen molar-refractivity contribution >= 4 is 5.91 Å². The summed E-state index contributed by atoms with van der Waals surface area (Å²) in [5.41, 5.74) is 2.09. The number of aryl methyl sites for hydroxylation is 1. The zero-order chi connectivity index (χ0) is 17.2. The van der Waals surface area contributed by atoms with E-state index in [1.807, 2.05) is 18.0 Å². The summed E-state index contributed by atoms with van der Waals surface area (Å²) in [7, 11) is 2.14. The molecule has 7 nitrogen and oxygen atoms in total. The highest BCUT2D eigenvalue weighted by atomic mass is 16.2. The first kappa shape index (κ1) is 15.1. The largest absolute Gasteiger partial charge is 0.357 e. The Morgan fingerprint density at radius 1 is 1.32 bits per heavy atom. The van der Waals surface area contributed by atoms with E-state index in [1.54, 1.807) is 0 Å². The van der Waals surface area contributed by atoms with E-state index in [2.05, 4.69) is 38.2 Å². The van der Waals surface area contributed by atoms with Crippen LogP contribution in [0.2, 0.25) is 0 Å². The molecule has 2 saturated heterocycles. The number of likely N-dealkylation sites (N-methyl/N-ethyl adjacent to an activating group) is 1. The van der Waals surface area contributed by atoms with Gasteiger partial charge in [0.1, 0.15) is 11.5 Å². The second-order valence-electron chi connectivity index (χ2n) is 8.13. The average molecular weight is 340 g/mol. The van der Waals surface area contributed by atoms with Gasteiger partial charge in [0, 0.05) is 43.7 Å². The summed E-state index contributed by atoms with van der Waals surface area (Å²) in [6, 6.07) is 2.07.